The van der Waals surface area contributed by atoms with E-state index in [4.69, 9.17) is 10.00 Å². The van der Waals surface area contributed by atoms with E-state index in [0.717, 1.165) is 12.0 Å². The molecule has 0 spiro atoms. The van der Waals surface area contributed by atoms with E-state index in [1.165, 1.54) is 7.11 Å². The number of ether oxygens (including phenoxy) is 2. The molecule has 1 aliphatic heterocycles. The molecule has 144 valence electrons. The molecule has 0 fully saturated rings. The van der Waals surface area contributed by atoms with Crippen molar-refractivity contribution < 1.29 is 32.2 Å². The van der Waals surface area contributed by atoms with Crippen LogP contribution in [0.2, 0.25) is 0 Å². The summed E-state index contributed by atoms with van der Waals surface area (Å²) in [6, 6.07) is 5.73. The van der Waals surface area contributed by atoms with E-state index in [0.29, 0.717) is 11.3 Å². The molecule has 1 heterocycles. The molecule has 0 aromatic heterocycles. The lowest BCUT2D eigenvalue weighted by molar-refractivity contribution is -0.139. The van der Waals surface area contributed by atoms with Crippen LogP contribution < -0.4 is 10.1 Å². The first-order valence-electron chi connectivity index (χ1n) is 7.70. The Balaban J connectivity index is 2.48. The predicted molar refractivity (Wildman–Crippen MR) is 86.2 cm³/mol. The second-order valence-electron chi connectivity index (χ2n) is 5.56. The highest BCUT2D eigenvalue weighted by atomic mass is 19.4. The Hall–Kier alpha value is -3.22. The van der Waals surface area contributed by atoms with Crippen molar-refractivity contribution >= 4 is 12.0 Å². The van der Waals surface area contributed by atoms with Crippen molar-refractivity contribution in [1.29, 1.82) is 5.26 Å². The van der Waals surface area contributed by atoms with Crippen LogP contribution in [-0.2, 0) is 16.1 Å². The molecular formula is C17H16F3N3O4. The van der Waals surface area contributed by atoms with Crippen molar-refractivity contribution in [3.05, 3.63) is 41.1 Å². The normalized spacial score (nSPS) is 17.3. The first-order chi connectivity index (χ1) is 12.7. The van der Waals surface area contributed by atoms with Crippen LogP contribution in [0.15, 0.2) is 35.5 Å². The van der Waals surface area contributed by atoms with Crippen LogP contribution in [0.5, 0.6) is 5.75 Å². The standard InChI is InChI=1S/C17H16F3N3O4/c1-26-11-5-3-10(4-6-11)9-23-12(7-8-21)13(15(24)27-2)14(17(18,19)20)22-16(23)25/h3-6,12H,7,9H2,1-2H3,(H,22,25). The third kappa shape index (κ3) is 4.31. The zero-order chi connectivity index (χ0) is 20.2. The quantitative estimate of drug-likeness (QED) is 0.789. The average Bonchev–Trinajstić information content (AvgIpc) is 2.63. The number of carbonyl (C=O) groups is 2. The number of nitrogens with one attached hydrogen (secondary N) is 1. The van der Waals surface area contributed by atoms with E-state index in [9.17, 15) is 22.8 Å². The highest BCUT2D eigenvalue weighted by Crippen LogP contribution is 2.34. The van der Waals surface area contributed by atoms with Gasteiger partial charge in [0.1, 0.15) is 11.4 Å². The van der Waals surface area contributed by atoms with Crippen LogP contribution >= 0.6 is 0 Å². The first-order valence-corrected chi connectivity index (χ1v) is 7.70. The van der Waals surface area contributed by atoms with Gasteiger partial charge in [0, 0.05) is 6.54 Å². The summed E-state index contributed by atoms with van der Waals surface area (Å²) in [6.07, 6.45) is -5.49. The maximum Gasteiger partial charge on any atom is 0.432 e. The molecular weight excluding hydrogens is 367 g/mol. The zero-order valence-electron chi connectivity index (χ0n) is 14.5. The molecule has 1 N–H and O–H groups in total. The lowest BCUT2D eigenvalue weighted by Gasteiger charge is -2.37. The van der Waals surface area contributed by atoms with Crippen LogP contribution in [0.25, 0.3) is 0 Å². The molecule has 27 heavy (non-hydrogen) atoms. The van der Waals surface area contributed by atoms with E-state index in [-0.39, 0.29) is 6.54 Å². The molecule has 0 bridgehead atoms. The van der Waals surface area contributed by atoms with Crippen molar-refractivity contribution in [3.63, 3.8) is 0 Å². The number of carbonyl (C=O) groups excluding carboxylic acids is 2. The topological polar surface area (TPSA) is 91.7 Å². The van der Waals surface area contributed by atoms with Crippen LogP contribution in [0, 0.1) is 11.3 Å². The Morgan fingerprint density at radius 2 is 1.93 bits per heavy atom. The van der Waals surface area contributed by atoms with Crippen LogP contribution in [-0.4, -0.2) is 43.3 Å². The van der Waals surface area contributed by atoms with Gasteiger partial charge in [0.25, 0.3) is 0 Å². The van der Waals surface area contributed by atoms with Crippen molar-refractivity contribution in [2.75, 3.05) is 14.2 Å². The van der Waals surface area contributed by atoms with Crippen molar-refractivity contribution in [2.24, 2.45) is 0 Å². The number of rotatable bonds is 5. The summed E-state index contributed by atoms with van der Waals surface area (Å²) in [5.41, 5.74) is -1.74. The summed E-state index contributed by atoms with van der Waals surface area (Å²) >= 11 is 0. The fourth-order valence-electron chi connectivity index (χ4n) is 2.69. The molecule has 7 nitrogen and oxygen atoms in total. The van der Waals surface area contributed by atoms with Gasteiger partial charge >= 0.3 is 18.2 Å². The van der Waals surface area contributed by atoms with Gasteiger partial charge in [-0.3, -0.25) is 0 Å². The van der Waals surface area contributed by atoms with Crippen molar-refractivity contribution in [3.8, 4) is 11.8 Å². The largest absolute Gasteiger partial charge is 0.497 e. The third-order valence-corrected chi connectivity index (χ3v) is 3.96. The summed E-state index contributed by atoms with van der Waals surface area (Å²) in [7, 11) is 2.40. The van der Waals surface area contributed by atoms with Crippen molar-refractivity contribution in [2.45, 2.75) is 25.2 Å². The fraction of sp³-hybridized carbons (Fsp3) is 0.353. The molecule has 1 aliphatic rings. The van der Waals surface area contributed by atoms with Gasteiger partial charge in [-0.2, -0.15) is 18.4 Å². The molecule has 2 rings (SSSR count). The van der Waals surface area contributed by atoms with E-state index in [1.54, 1.807) is 35.7 Å². The third-order valence-electron chi connectivity index (χ3n) is 3.96. The summed E-state index contributed by atoms with van der Waals surface area (Å²) in [5, 5.41) is 10.7. The number of nitriles is 1. The molecule has 1 unspecified atom stereocenters. The lowest BCUT2D eigenvalue weighted by Crippen LogP contribution is -2.55. The zero-order valence-corrected chi connectivity index (χ0v) is 14.5. The summed E-state index contributed by atoms with van der Waals surface area (Å²) in [6.45, 7) is -0.117. The van der Waals surface area contributed by atoms with Crippen LogP contribution in [0.3, 0.4) is 0 Å². The number of nitrogens with zero attached hydrogens (tertiary/aromatic N) is 2. The van der Waals surface area contributed by atoms with Crippen LogP contribution in [0.1, 0.15) is 12.0 Å². The Labute approximate surface area is 152 Å². The second-order valence-corrected chi connectivity index (χ2v) is 5.56. The summed E-state index contributed by atoms with van der Waals surface area (Å²) in [5.74, 6) is -0.702. The van der Waals surface area contributed by atoms with E-state index in [2.05, 4.69) is 4.74 Å². The lowest BCUT2D eigenvalue weighted by atomic mass is 9.97. The summed E-state index contributed by atoms with van der Waals surface area (Å²) < 4.78 is 49.4. The Bertz CT molecular complexity index is 797. The monoisotopic (exact) mass is 383 g/mol. The number of hydrogen-bond donors (Lipinski definition) is 1. The average molecular weight is 383 g/mol. The molecule has 1 aromatic rings. The minimum Gasteiger partial charge on any atom is -0.497 e. The number of alkyl halides is 3. The minimum absolute atomic E-state index is 0.117. The SMILES string of the molecule is COC(=O)C1=C(C(F)(F)F)NC(=O)N(Cc2ccc(OC)cc2)C1CC#N. The Morgan fingerprint density at radius 1 is 1.30 bits per heavy atom. The molecule has 1 atom stereocenters. The first kappa shape index (κ1) is 20.1. The van der Waals surface area contributed by atoms with Gasteiger partial charge in [-0.15, -0.1) is 0 Å². The second kappa shape index (κ2) is 7.99. The number of halogens is 3. The van der Waals surface area contributed by atoms with Crippen LogP contribution in [0.4, 0.5) is 18.0 Å². The molecule has 0 radical (unpaired) electrons. The number of methoxy groups -OCH3 is 2. The van der Waals surface area contributed by atoms with E-state index < -0.39 is 41.9 Å². The number of benzene rings is 1. The van der Waals surface area contributed by atoms with Gasteiger partial charge in [-0.1, -0.05) is 12.1 Å². The van der Waals surface area contributed by atoms with Gasteiger partial charge in [0.2, 0.25) is 0 Å². The highest BCUT2D eigenvalue weighted by molar-refractivity contribution is 5.95. The molecule has 0 saturated heterocycles. The fourth-order valence-corrected chi connectivity index (χ4v) is 2.69. The van der Waals surface area contributed by atoms with Gasteiger partial charge < -0.3 is 19.7 Å². The Kier molecular flexibility index (Phi) is 5.95. The summed E-state index contributed by atoms with van der Waals surface area (Å²) in [4.78, 5) is 25.3. The maximum absolute atomic E-state index is 13.3. The predicted octanol–water partition coefficient (Wildman–Crippen LogP) is 2.49. The molecule has 2 amide bonds. The molecule has 1 aromatic carbocycles. The number of hydrogen-bond acceptors (Lipinski definition) is 5. The number of urea groups is 1. The smallest absolute Gasteiger partial charge is 0.432 e. The number of amides is 2. The molecule has 10 heteroatoms. The van der Waals surface area contributed by atoms with Gasteiger partial charge in [-0.25, -0.2) is 9.59 Å². The van der Waals surface area contributed by atoms with E-state index >= 15 is 0 Å². The Morgan fingerprint density at radius 3 is 2.41 bits per heavy atom. The number of esters is 1. The van der Waals surface area contributed by atoms with Crippen molar-refractivity contribution in [1.82, 2.24) is 10.2 Å². The highest BCUT2D eigenvalue weighted by Gasteiger charge is 2.48. The van der Waals surface area contributed by atoms with Gasteiger partial charge in [0.05, 0.1) is 38.3 Å². The molecule has 0 aliphatic carbocycles. The minimum atomic E-state index is -4.99. The number of allylic oxidation sites excluding steroid dienone is 1. The van der Waals surface area contributed by atoms with Gasteiger partial charge in [0.15, 0.2) is 0 Å². The maximum atomic E-state index is 13.3. The van der Waals surface area contributed by atoms with Gasteiger partial charge in [-0.05, 0) is 17.7 Å². The molecule has 0 saturated carbocycles. The van der Waals surface area contributed by atoms with E-state index in [1.807, 2.05) is 0 Å².